The van der Waals surface area contributed by atoms with E-state index in [1.807, 2.05) is 24.6 Å². The van der Waals surface area contributed by atoms with Crippen LogP contribution in [0.1, 0.15) is 42.0 Å². The van der Waals surface area contributed by atoms with Gasteiger partial charge in [0, 0.05) is 18.8 Å². The Kier molecular flexibility index (Phi) is 7.25. The van der Waals surface area contributed by atoms with Gasteiger partial charge in [0.15, 0.2) is 0 Å². The van der Waals surface area contributed by atoms with Gasteiger partial charge in [-0.25, -0.2) is 8.78 Å². The van der Waals surface area contributed by atoms with Crippen LogP contribution in [0.5, 0.6) is 0 Å². The summed E-state index contributed by atoms with van der Waals surface area (Å²) in [6.45, 7) is 8.42. The summed E-state index contributed by atoms with van der Waals surface area (Å²) in [7, 11) is 0. The van der Waals surface area contributed by atoms with E-state index in [0.29, 0.717) is 19.5 Å². The van der Waals surface area contributed by atoms with Crippen LogP contribution >= 0.6 is 0 Å². The third-order valence-corrected chi connectivity index (χ3v) is 4.37. The Hall–Kier alpha value is -2.77. The number of rotatable bonds is 8. The van der Waals surface area contributed by atoms with Crippen molar-refractivity contribution >= 4 is 11.8 Å². The van der Waals surface area contributed by atoms with E-state index in [1.54, 1.807) is 13.8 Å². The Morgan fingerprint density at radius 3 is 2.36 bits per heavy atom. The molecule has 0 spiro atoms. The van der Waals surface area contributed by atoms with Gasteiger partial charge >= 0.3 is 0 Å². The zero-order valence-corrected chi connectivity index (χ0v) is 16.6. The lowest BCUT2D eigenvalue weighted by molar-refractivity contribution is -0.123. The van der Waals surface area contributed by atoms with Crippen molar-refractivity contribution in [2.24, 2.45) is 5.92 Å². The van der Waals surface area contributed by atoms with Gasteiger partial charge in [-0.15, -0.1) is 0 Å². The van der Waals surface area contributed by atoms with E-state index in [1.165, 1.54) is 6.07 Å². The highest BCUT2D eigenvalue weighted by Gasteiger charge is 2.27. The standard InChI is InChI=1S/C20H26F2N4O2/c1-12(2)18(24-19(27)17-15(21)7-5-8-16(17)22)20(28)23-9-6-10-26-14(4)11-13(3)25-26/h5,7-8,11-12,18H,6,9-10H2,1-4H3,(H,23,28)(H,24,27)/t18-/m0/s1. The molecule has 0 radical (unpaired) electrons. The lowest BCUT2D eigenvalue weighted by atomic mass is 10.0. The number of halogens is 2. The second-order valence-corrected chi connectivity index (χ2v) is 7.09. The molecule has 0 saturated carbocycles. The maximum atomic E-state index is 13.8. The van der Waals surface area contributed by atoms with Gasteiger partial charge in [-0.3, -0.25) is 14.3 Å². The van der Waals surface area contributed by atoms with Crippen LogP contribution in [0.25, 0.3) is 0 Å². The first kappa shape index (κ1) is 21.5. The number of carbonyl (C=O) groups excluding carboxylic acids is 2. The quantitative estimate of drug-likeness (QED) is 0.679. The first-order chi connectivity index (χ1) is 13.2. The Bertz CT molecular complexity index is 828. The fourth-order valence-electron chi connectivity index (χ4n) is 2.91. The second kappa shape index (κ2) is 9.43. The summed E-state index contributed by atoms with van der Waals surface area (Å²) >= 11 is 0. The molecule has 0 unspecified atom stereocenters. The molecule has 0 saturated heterocycles. The minimum Gasteiger partial charge on any atom is -0.354 e. The van der Waals surface area contributed by atoms with Gasteiger partial charge in [0.05, 0.1) is 5.69 Å². The van der Waals surface area contributed by atoms with Crippen molar-refractivity contribution in [3.05, 3.63) is 52.9 Å². The number of hydrogen-bond acceptors (Lipinski definition) is 3. The van der Waals surface area contributed by atoms with Gasteiger partial charge in [0.1, 0.15) is 23.2 Å². The zero-order valence-electron chi connectivity index (χ0n) is 16.6. The fraction of sp³-hybridized carbons (Fsp3) is 0.450. The van der Waals surface area contributed by atoms with E-state index < -0.39 is 35.1 Å². The second-order valence-electron chi connectivity index (χ2n) is 7.09. The number of aryl methyl sites for hydroxylation is 3. The number of aromatic nitrogens is 2. The molecular weight excluding hydrogens is 366 g/mol. The van der Waals surface area contributed by atoms with Gasteiger partial charge in [-0.05, 0) is 44.4 Å². The molecule has 2 aromatic rings. The van der Waals surface area contributed by atoms with Crippen LogP contribution < -0.4 is 10.6 Å². The summed E-state index contributed by atoms with van der Waals surface area (Å²) in [6, 6.07) is 4.25. The average Bonchev–Trinajstić information content (AvgIpc) is 2.93. The molecule has 2 rings (SSSR count). The molecule has 8 heteroatoms. The third-order valence-electron chi connectivity index (χ3n) is 4.37. The maximum absolute atomic E-state index is 13.8. The van der Waals surface area contributed by atoms with Crippen LogP contribution in [0.15, 0.2) is 24.3 Å². The van der Waals surface area contributed by atoms with E-state index in [-0.39, 0.29) is 5.92 Å². The van der Waals surface area contributed by atoms with E-state index in [9.17, 15) is 18.4 Å². The fourth-order valence-corrected chi connectivity index (χ4v) is 2.91. The van der Waals surface area contributed by atoms with Crippen LogP contribution in [-0.2, 0) is 11.3 Å². The maximum Gasteiger partial charge on any atom is 0.257 e. The van der Waals surface area contributed by atoms with Crippen molar-refractivity contribution < 1.29 is 18.4 Å². The molecule has 1 heterocycles. The number of nitrogens with one attached hydrogen (secondary N) is 2. The van der Waals surface area contributed by atoms with Crippen LogP contribution in [0, 0.1) is 31.4 Å². The van der Waals surface area contributed by atoms with Crippen molar-refractivity contribution in [3.63, 3.8) is 0 Å². The number of nitrogens with zero attached hydrogens (tertiary/aromatic N) is 2. The van der Waals surface area contributed by atoms with Gasteiger partial charge in [-0.2, -0.15) is 5.10 Å². The molecule has 6 nitrogen and oxygen atoms in total. The Balaban J connectivity index is 1.92. The van der Waals surface area contributed by atoms with Crippen LogP contribution in [0.2, 0.25) is 0 Å². The predicted molar refractivity (Wildman–Crippen MR) is 102 cm³/mol. The predicted octanol–water partition coefficient (Wildman–Crippen LogP) is 2.74. The number of amides is 2. The number of benzene rings is 1. The highest BCUT2D eigenvalue weighted by Crippen LogP contribution is 2.13. The molecular formula is C20H26F2N4O2. The largest absolute Gasteiger partial charge is 0.354 e. The minimum atomic E-state index is -0.967. The normalized spacial score (nSPS) is 12.1. The van der Waals surface area contributed by atoms with E-state index in [4.69, 9.17) is 0 Å². The SMILES string of the molecule is Cc1cc(C)n(CCCNC(=O)[C@@H](NC(=O)c2c(F)cccc2F)C(C)C)n1. The molecule has 152 valence electrons. The van der Waals surface area contributed by atoms with E-state index in [0.717, 1.165) is 23.5 Å². The highest BCUT2D eigenvalue weighted by atomic mass is 19.1. The van der Waals surface area contributed by atoms with Crippen molar-refractivity contribution in [2.75, 3.05) is 6.54 Å². The van der Waals surface area contributed by atoms with Crippen molar-refractivity contribution in [1.82, 2.24) is 20.4 Å². The van der Waals surface area contributed by atoms with Crippen LogP contribution in [0.4, 0.5) is 8.78 Å². The lowest BCUT2D eigenvalue weighted by Crippen LogP contribution is -2.50. The molecule has 28 heavy (non-hydrogen) atoms. The average molecular weight is 392 g/mol. The molecule has 0 aliphatic rings. The Morgan fingerprint density at radius 2 is 1.82 bits per heavy atom. The molecule has 1 aromatic heterocycles. The van der Waals surface area contributed by atoms with Crippen molar-refractivity contribution in [2.45, 2.75) is 46.7 Å². The summed E-state index contributed by atoms with van der Waals surface area (Å²) in [6.07, 6.45) is 0.661. The summed E-state index contributed by atoms with van der Waals surface area (Å²) < 4.78 is 29.4. The number of carbonyl (C=O) groups is 2. The van der Waals surface area contributed by atoms with Crippen LogP contribution in [0.3, 0.4) is 0 Å². The van der Waals surface area contributed by atoms with Gasteiger partial charge < -0.3 is 10.6 Å². The molecule has 0 bridgehead atoms. The molecule has 2 amide bonds. The topological polar surface area (TPSA) is 76.0 Å². The smallest absolute Gasteiger partial charge is 0.257 e. The Labute approximate surface area is 163 Å². The molecule has 0 aliphatic carbocycles. The summed E-state index contributed by atoms with van der Waals surface area (Å²) in [4.78, 5) is 24.7. The van der Waals surface area contributed by atoms with Gasteiger partial charge in [0.25, 0.3) is 5.91 Å². The molecule has 2 N–H and O–H groups in total. The first-order valence-corrected chi connectivity index (χ1v) is 9.24. The molecule has 0 fully saturated rings. The third kappa shape index (κ3) is 5.37. The first-order valence-electron chi connectivity index (χ1n) is 9.24. The monoisotopic (exact) mass is 392 g/mol. The van der Waals surface area contributed by atoms with Gasteiger partial charge in [0.2, 0.25) is 5.91 Å². The summed E-state index contributed by atoms with van der Waals surface area (Å²) in [5.74, 6) is -3.54. The van der Waals surface area contributed by atoms with Crippen molar-refractivity contribution in [3.8, 4) is 0 Å². The molecule has 0 aliphatic heterocycles. The lowest BCUT2D eigenvalue weighted by Gasteiger charge is -2.22. The molecule has 1 atom stereocenters. The van der Waals surface area contributed by atoms with Gasteiger partial charge in [-0.1, -0.05) is 19.9 Å². The minimum absolute atomic E-state index is 0.255. The van der Waals surface area contributed by atoms with E-state index >= 15 is 0 Å². The van der Waals surface area contributed by atoms with E-state index in [2.05, 4.69) is 15.7 Å². The Morgan fingerprint density at radius 1 is 1.18 bits per heavy atom. The molecule has 1 aromatic carbocycles. The zero-order chi connectivity index (χ0) is 20.8. The highest BCUT2D eigenvalue weighted by molar-refractivity contribution is 5.98. The van der Waals surface area contributed by atoms with Crippen LogP contribution in [-0.4, -0.2) is 34.2 Å². The number of hydrogen-bond donors (Lipinski definition) is 2. The van der Waals surface area contributed by atoms with Crippen molar-refractivity contribution in [1.29, 1.82) is 0 Å². The summed E-state index contributed by atoms with van der Waals surface area (Å²) in [5, 5.41) is 9.56. The summed E-state index contributed by atoms with van der Waals surface area (Å²) in [5.41, 5.74) is 1.29.